The van der Waals surface area contributed by atoms with Crippen LogP contribution in [0, 0.1) is 6.92 Å². The number of nitrogens with zero attached hydrogens (tertiary/aromatic N) is 3. The Hall–Kier alpha value is -2.67. The Bertz CT molecular complexity index is 822. The van der Waals surface area contributed by atoms with Gasteiger partial charge in [-0.2, -0.15) is 0 Å². The highest BCUT2D eigenvalue weighted by Crippen LogP contribution is 2.26. The van der Waals surface area contributed by atoms with Crippen LogP contribution in [0.15, 0.2) is 24.3 Å². The number of aromatic nitrogens is 2. The van der Waals surface area contributed by atoms with Crippen molar-refractivity contribution in [2.24, 2.45) is 0 Å². The Morgan fingerprint density at radius 2 is 1.88 bits per heavy atom. The lowest BCUT2D eigenvalue weighted by molar-refractivity contribution is 0.0600. The Morgan fingerprint density at radius 1 is 1.19 bits per heavy atom. The van der Waals surface area contributed by atoms with Gasteiger partial charge < -0.3 is 15.0 Å². The number of aryl methyl sites for hydroxylation is 1. The van der Waals surface area contributed by atoms with Gasteiger partial charge in [0.2, 0.25) is 5.95 Å². The molecule has 0 radical (unpaired) electrons. The average Bonchev–Trinajstić information content (AvgIpc) is 2.63. The van der Waals surface area contributed by atoms with Crippen molar-refractivity contribution in [3.8, 4) is 0 Å². The van der Waals surface area contributed by atoms with Gasteiger partial charge in [0, 0.05) is 18.8 Å². The number of hydrogen-bond donors (Lipinski definition) is 1. The summed E-state index contributed by atoms with van der Waals surface area (Å²) in [6.45, 7) is 6.78. The Balaban J connectivity index is 2.36. The first kappa shape index (κ1) is 19.7. The van der Waals surface area contributed by atoms with Crippen molar-refractivity contribution in [1.29, 1.82) is 0 Å². The molecular weight excluding hydrogens is 356 g/mol. The van der Waals surface area contributed by atoms with Gasteiger partial charge in [0.1, 0.15) is 5.69 Å². The minimum atomic E-state index is -0.479. The SMILES string of the molecule is CCN(CC)C(=O)c1cc(C)nc(Nc2cc(C(=O)OC)ccc2Cl)n1. The average molecular weight is 377 g/mol. The first-order chi connectivity index (χ1) is 12.4. The number of nitrogens with one attached hydrogen (secondary N) is 1. The number of methoxy groups -OCH3 is 1. The topological polar surface area (TPSA) is 84.4 Å². The summed E-state index contributed by atoms with van der Waals surface area (Å²) in [5.41, 5.74) is 1.72. The van der Waals surface area contributed by atoms with E-state index in [9.17, 15) is 9.59 Å². The second-order valence-electron chi connectivity index (χ2n) is 5.51. The largest absolute Gasteiger partial charge is 0.465 e. The standard InChI is InChI=1S/C18H21ClN4O3/c1-5-23(6-2)16(24)15-9-11(3)20-18(22-15)21-14-10-12(17(25)26-4)7-8-13(14)19/h7-10H,5-6H2,1-4H3,(H,20,21,22). The van der Waals surface area contributed by atoms with E-state index >= 15 is 0 Å². The van der Waals surface area contributed by atoms with Crippen molar-refractivity contribution in [2.75, 3.05) is 25.5 Å². The smallest absolute Gasteiger partial charge is 0.337 e. The molecule has 0 aliphatic rings. The molecule has 0 unspecified atom stereocenters. The summed E-state index contributed by atoms with van der Waals surface area (Å²) in [7, 11) is 1.30. The maximum Gasteiger partial charge on any atom is 0.337 e. The van der Waals surface area contributed by atoms with Crippen LogP contribution in [-0.4, -0.2) is 46.9 Å². The number of hydrogen-bond acceptors (Lipinski definition) is 6. The molecule has 0 aliphatic heterocycles. The molecule has 7 nitrogen and oxygen atoms in total. The molecule has 2 aromatic rings. The summed E-state index contributed by atoms with van der Waals surface area (Å²) in [5, 5.41) is 3.36. The molecule has 8 heteroatoms. The summed E-state index contributed by atoms with van der Waals surface area (Å²) < 4.78 is 4.71. The van der Waals surface area contributed by atoms with Crippen LogP contribution in [0.2, 0.25) is 5.02 Å². The molecule has 0 spiro atoms. The second-order valence-corrected chi connectivity index (χ2v) is 5.91. The molecule has 0 atom stereocenters. The number of esters is 1. The third-order valence-corrected chi connectivity index (χ3v) is 4.09. The van der Waals surface area contributed by atoms with Gasteiger partial charge in [-0.3, -0.25) is 4.79 Å². The maximum absolute atomic E-state index is 12.5. The molecule has 0 aliphatic carbocycles. The Morgan fingerprint density at radius 3 is 2.50 bits per heavy atom. The van der Waals surface area contributed by atoms with Crippen molar-refractivity contribution in [1.82, 2.24) is 14.9 Å². The van der Waals surface area contributed by atoms with Gasteiger partial charge in [0.15, 0.2) is 0 Å². The summed E-state index contributed by atoms with van der Waals surface area (Å²) in [5.74, 6) is -0.422. The zero-order valence-electron chi connectivity index (χ0n) is 15.2. The monoisotopic (exact) mass is 376 g/mol. The van der Waals surface area contributed by atoms with E-state index in [1.165, 1.54) is 7.11 Å². The van der Waals surface area contributed by atoms with Crippen molar-refractivity contribution in [2.45, 2.75) is 20.8 Å². The van der Waals surface area contributed by atoms with Gasteiger partial charge in [-0.05, 0) is 45.0 Å². The summed E-state index contributed by atoms with van der Waals surface area (Å²) in [4.78, 5) is 34.5. The van der Waals surface area contributed by atoms with Crippen LogP contribution in [-0.2, 0) is 4.74 Å². The molecule has 0 saturated carbocycles. The number of carbonyl (C=O) groups is 2. The lowest BCUT2D eigenvalue weighted by Gasteiger charge is -2.18. The van der Waals surface area contributed by atoms with Crippen molar-refractivity contribution in [3.05, 3.63) is 46.2 Å². The number of amides is 1. The molecule has 1 N–H and O–H groups in total. The third kappa shape index (κ3) is 4.49. The highest BCUT2D eigenvalue weighted by molar-refractivity contribution is 6.33. The molecule has 0 saturated heterocycles. The number of benzene rings is 1. The number of halogens is 1. The van der Waals surface area contributed by atoms with Crippen LogP contribution in [0.3, 0.4) is 0 Å². The third-order valence-electron chi connectivity index (χ3n) is 3.76. The fraction of sp³-hybridized carbons (Fsp3) is 0.333. The first-order valence-corrected chi connectivity index (χ1v) is 8.57. The predicted octanol–water partition coefficient (Wildman–Crippen LogP) is 3.45. The summed E-state index contributed by atoms with van der Waals surface area (Å²) in [6.07, 6.45) is 0. The van der Waals surface area contributed by atoms with E-state index < -0.39 is 5.97 Å². The Kier molecular flexibility index (Phi) is 6.52. The maximum atomic E-state index is 12.5. The van der Waals surface area contributed by atoms with Gasteiger partial charge in [-0.15, -0.1) is 0 Å². The fourth-order valence-corrected chi connectivity index (χ4v) is 2.56. The molecule has 2 rings (SSSR count). The summed E-state index contributed by atoms with van der Waals surface area (Å²) >= 11 is 6.19. The molecule has 0 bridgehead atoms. The Labute approximate surface area is 157 Å². The van der Waals surface area contributed by atoms with E-state index in [1.54, 1.807) is 36.1 Å². The van der Waals surface area contributed by atoms with E-state index in [0.29, 0.717) is 40.8 Å². The zero-order valence-corrected chi connectivity index (χ0v) is 15.9. The molecular formula is C18H21ClN4O3. The van der Waals surface area contributed by atoms with Gasteiger partial charge in [-0.1, -0.05) is 11.6 Å². The van der Waals surface area contributed by atoms with Crippen molar-refractivity contribution < 1.29 is 14.3 Å². The van der Waals surface area contributed by atoms with Crippen molar-refractivity contribution >= 4 is 35.1 Å². The van der Waals surface area contributed by atoms with Gasteiger partial charge >= 0.3 is 5.97 Å². The normalized spacial score (nSPS) is 10.3. The number of carbonyl (C=O) groups excluding carboxylic acids is 2. The first-order valence-electron chi connectivity index (χ1n) is 8.19. The molecule has 0 fully saturated rings. The number of anilines is 2. The zero-order chi connectivity index (χ0) is 19.3. The van der Waals surface area contributed by atoms with E-state index in [1.807, 2.05) is 13.8 Å². The summed E-state index contributed by atoms with van der Waals surface area (Å²) in [6, 6.07) is 6.32. The molecule has 138 valence electrons. The van der Waals surface area contributed by atoms with Crippen LogP contribution in [0.25, 0.3) is 0 Å². The number of rotatable bonds is 6. The van der Waals surface area contributed by atoms with E-state index in [-0.39, 0.29) is 11.9 Å². The van der Waals surface area contributed by atoms with E-state index in [4.69, 9.17) is 16.3 Å². The molecule has 26 heavy (non-hydrogen) atoms. The van der Waals surface area contributed by atoms with Crippen LogP contribution in [0.5, 0.6) is 0 Å². The van der Waals surface area contributed by atoms with Gasteiger partial charge in [0.05, 0.1) is 23.4 Å². The molecule has 1 heterocycles. The lowest BCUT2D eigenvalue weighted by Crippen LogP contribution is -2.31. The molecule has 1 aromatic heterocycles. The quantitative estimate of drug-likeness (QED) is 0.777. The molecule has 1 amide bonds. The van der Waals surface area contributed by atoms with Crippen LogP contribution in [0.4, 0.5) is 11.6 Å². The van der Waals surface area contributed by atoms with Crippen molar-refractivity contribution in [3.63, 3.8) is 0 Å². The van der Waals surface area contributed by atoms with Crippen LogP contribution >= 0.6 is 11.6 Å². The van der Waals surface area contributed by atoms with Gasteiger partial charge in [0.25, 0.3) is 5.91 Å². The predicted molar refractivity (Wildman–Crippen MR) is 100 cm³/mol. The van der Waals surface area contributed by atoms with Crippen LogP contribution < -0.4 is 5.32 Å². The highest BCUT2D eigenvalue weighted by atomic mass is 35.5. The second kappa shape index (κ2) is 8.62. The fourth-order valence-electron chi connectivity index (χ4n) is 2.39. The minimum absolute atomic E-state index is 0.169. The molecule has 1 aromatic carbocycles. The minimum Gasteiger partial charge on any atom is -0.465 e. The highest BCUT2D eigenvalue weighted by Gasteiger charge is 2.17. The van der Waals surface area contributed by atoms with Crippen LogP contribution in [0.1, 0.15) is 40.4 Å². The van der Waals surface area contributed by atoms with E-state index in [2.05, 4.69) is 15.3 Å². The van der Waals surface area contributed by atoms with Gasteiger partial charge in [-0.25, -0.2) is 14.8 Å². The number of ether oxygens (including phenoxy) is 1. The lowest BCUT2D eigenvalue weighted by atomic mass is 10.2. The van der Waals surface area contributed by atoms with E-state index in [0.717, 1.165) is 0 Å².